The lowest BCUT2D eigenvalue weighted by Crippen LogP contribution is -2.50. The molecule has 37 heavy (non-hydrogen) atoms. The summed E-state index contributed by atoms with van der Waals surface area (Å²) in [5.41, 5.74) is 1.61. The molecule has 2 saturated heterocycles. The van der Waals surface area contributed by atoms with Gasteiger partial charge in [-0.3, -0.25) is 4.90 Å². The summed E-state index contributed by atoms with van der Waals surface area (Å²) in [6, 6.07) is 13.3. The lowest BCUT2D eigenvalue weighted by molar-refractivity contribution is -0.137. The lowest BCUT2D eigenvalue weighted by atomic mass is 10.0. The molecule has 0 aromatic heterocycles. The Labute approximate surface area is 226 Å². The summed E-state index contributed by atoms with van der Waals surface area (Å²) in [4.78, 5) is 7.83. The highest BCUT2D eigenvalue weighted by molar-refractivity contribution is 7.80. The highest BCUT2D eigenvalue weighted by Gasteiger charge is 2.30. The molecule has 0 aliphatic carbocycles. The predicted octanol–water partition coefficient (Wildman–Crippen LogP) is 5.89. The topological polar surface area (TPSA) is 45.5 Å². The Morgan fingerprint density at radius 2 is 1.73 bits per heavy atom. The van der Waals surface area contributed by atoms with E-state index in [2.05, 4.69) is 33.0 Å². The Bertz CT molecular complexity index is 1120. The van der Waals surface area contributed by atoms with Crippen LogP contribution in [0, 0.1) is 17.2 Å². The maximum absolute atomic E-state index is 12.8. The first-order valence-electron chi connectivity index (χ1n) is 12.5. The first kappa shape index (κ1) is 27.5. The summed E-state index contributed by atoms with van der Waals surface area (Å²) in [5, 5.41) is 13.0. The molecule has 0 bridgehead atoms. The number of piperazine rings is 1. The number of anilines is 2. The highest BCUT2D eigenvalue weighted by Crippen LogP contribution is 2.31. The second-order valence-corrected chi connectivity index (χ2v) is 10.6. The minimum absolute atomic E-state index is 0.245. The minimum Gasteiger partial charge on any atom is -0.382 e. The molecule has 5 nitrogen and oxygen atoms in total. The molecule has 4 rings (SSSR count). The average Bonchev–Trinajstić information content (AvgIpc) is 2.89. The summed E-state index contributed by atoms with van der Waals surface area (Å²) < 4.78 is 38.5. The summed E-state index contributed by atoms with van der Waals surface area (Å²) in [7, 11) is 0. The van der Waals surface area contributed by atoms with Crippen molar-refractivity contribution in [1.29, 1.82) is 5.26 Å². The molecule has 0 saturated carbocycles. The molecular formula is C27H31ClF3N5S. The molecule has 0 radical (unpaired) electrons. The van der Waals surface area contributed by atoms with Gasteiger partial charge in [-0.2, -0.15) is 18.4 Å². The average molecular weight is 550 g/mol. The van der Waals surface area contributed by atoms with Crippen LogP contribution < -0.4 is 10.2 Å². The summed E-state index contributed by atoms with van der Waals surface area (Å²) >= 11 is 12.0. The number of hydrogen-bond donors (Lipinski definition) is 1. The van der Waals surface area contributed by atoms with Crippen LogP contribution in [0.5, 0.6) is 0 Å². The summed E-state index contributed by atoms with van der Waals surface area (Å²) in [6.07, 6.45) is -2.37. The number of nitrogens with one attached hydrogen (secondary N) is 1. The monoisotopic (exact) mass is 549 g/mol. The molecule has 2 aliphatic heterocycles. The number of rotatable bonds is 6. The Hall–Kier alpha value is -2.54. The number of piperidine rings is 1. The van der Waals surface area contributed by atoms with Gasteiger partial charge in [0.2, 0.25) is 0 Å². The fraction of sp³-hybridized carbons (Fsp3) is 0.481. The minimum atomic E-state index is -4.31. The number of benzene rings is 2. The van der Waals surface area contributed by atoms with Crippen molar-refractivity contribution in [2.45, 2.75) is 32.0 Å². The standard InChI is InChI=1S/C27H31ClF3N5S/c1-19(18-34-12-14-35(15-13-34)24-6-3-21(4-7-24)27(29,30)31)26(37)36-10-8-22(9-11-36)33-23-5-2-20(17-32)25(28)16-23/h2-7,16,19,22,33H,8-15,18H2,1H3. The molecule has 2 aliphatic rings. The third-order valence-electron chi connectivity index (χ3n) is 7.15. The van der Waals surface area contributed by atoms with Crippen molar-refractivity contribution >= 4 is 40.2 Å². The van der Waals surface area contributed by atoms with E-state index in [1.165, 1.54) is 0 Å². The Balaban J connectivity index is 1.20. The third kappa shape index (κ3) is 7.07. The van der Waals surface area contributed by atoms with Crippen LogP contribution in [0.2, 0.25) is 5.02 Å². The van der Waals surface area contributed by atoms with Crippen molar-refractivity contribution in [3.05, 3.63) is 58.6 Å². The van der Waals surface area contributed by atoms with E-state index in [4.69, 9.17) is 29.1 Å². The molecule has 2 aromatic rings. The number of nitriles is 1. The zero-order chi connectivity index (χ0) is 26.6. The maximum Gasteiger partial charge on any atom is 0.416 e. The normalized spacial score (nSPS) is 18.4. The van der Waals surface area contributed by atoms with Crippen LogP contribution in [0.1, 0.15) is 30.9 Å². The molecule has 2 heterocycles. The maximum atomic E-state index is 12.8. The Morgan fingerprint density at radius 1 is 1.08 bits per heavy atom. The van der Waals surface area contributed by atoms with Gasteiger partial charge in [-0.25, -0.2) is 0 Å². The fourth-order valence-electron chi connectivity index (χ4n) is 5.00. The number of alkyl halides is 3. The molecule has 2 aromatic carbocycles. The largest absolute Gasteiger partial charge is 0.416 e. The molecule has 1 unspecified atom stereocenters. The van der Waals surface area contributed by atoms with Gasteiger partial charge < -0.3 is 15.1 Å². The van der Waals surface area contributed by atoms with Crippen LogP contribution in [0.4, 0.5) is 24.5 Å². The van der Waals surface area contributed by atoms with Crippen molar-refractivity contribution in [3.8, 4) is 6.07 Å². The van der Waals surface area contributed by atoms with Crippen LogP contribution in [0.15, 0.2) is 42.5 Å². The molecule has 10 heteroatoms. The molecule has 1 N–H and O–H groups in total. The van der Waals surface area contributed by atoms with Gasteiger partial charge in [0.05, 0.1) is 21.1 Å². The number of thiocarbonyl (C=S) groups is 1. The number of nitrogens with zero attached hydrogens (tertiary/aromatic N) is 4. The zero-order valence-electron chi connectivity index (χ0n) is 20.8. The Morgan fingerprint density at radius 3 is 2.30 bits per heavy atom. The molecular weight excluding hydrogens is 519 g/mol. The van der Waals surface area contributed by atoms with E-state index < -0.39 is 11.7 Å². The second-order valence-electron chi connectivity index (χ2n) is 9.78. The number of likely N-dealkylation sites (tertiary alicyclic amines) is 1. The van der Waals surface area contributed by atoms with Crippen molar-refractivity contribution in [3.63, 3.8) is 0 Å². The predicted molar refractivity (Wildman–Crippen MR) is 146 cm³/mol. The van der Waals surface area contributed by atoms with E-state index in [1.54, 1.807) is 24.3 Å². The third-order valence-corrected chi connectivity index (χ3v) is 8.13. The van der Waals surface area contributed by atoms with E-state index in [9.17, 15) is 13.2 Å². The first-order valence-corrected chi connectivity index (χ1v) is 13.3. The van der Waals surface area contributed by atoms with E-state index in [0.717, 1.165) is 87.2 Å². The van der Waals surface area contributed by atoms with Gasteiger partial charge >= 0.3 is 6.18 Å². The number of halogens is 4. The van der Waals surface area contributed by atoms with E-state index in [1.807, 2.05) is 6.07 Å². The Kier molecular flexibility index (Phi) is 8.83. The van der Waals surface area contributed by atoms with Crippen molar-refractivity contribution in [1.82, 2.24) is 9.80 Å². The van der Waals surface area contributed by atoms with E-state index >= 15 is 0 Å². The fourth-order valence-corrected chi connectivity index (χ4v) is 5.48. The SMILES string of the molecule is CC(CN1CCN(c2ccc(C(F)(F)F)cc2)CC1)C(=S)N1CCC(Nc2ccc(C#N)c(Cl)c2)CC1. The van der Waals surface area contributed by atoms with Gasteiger partial charge in [-0.05, 0) is 55.3 Å². The first-order chi connectivity index (χ1) is 17.6. The summed E-state index contributed by atoms with van der Waals surface area (Å²) in [5.74, 6) is 0.245. The second kappa shape index (κ2) is 11.9. The van der Waals surface area contributed by atoms with Crippen molar-refractivity contribution in [2.24, 2.45) is 5.92 Å². The quantitative estimate of drug-likeness (QED) is 0.453. The van der Waals surface area contributed by atoms with Crippen molar-refractivity contribution in [2.75, 3.05) is 56.0 Å². The lowest BCUT2D eigenvalue weighted by Gasteiger charge is -2.39. The van der Waals surface area contributed by atoms with Gasteiger partial charge in [0.25, 0.3) is 0 Å². The molecule has 198 valence electrons. The molecule has 0 spiro atoms. The highest BCUT2D eigenvalue weighted by atomic mass is 35.5. The van der Waals surface area contributed by atoms with Crippen LogP contribution in [0.25, 0.3) is 0 Å². The van der Waals surface area contributed by atoms with Crippen LogP contribution in [-0.4, -0.2) is 66.6 Å². The van der Waals surface area contributed by atoms with Gasteiger partial charge in [0.15, 0.2) is 0 Å². The van der Waals surface area contributed by atoms with Crippen LogP contribution in [-0.2, 0) is 6.18 Å². The van der Waals surface area contributed by atoms with Gasteiger partial charge in [0.1, 0.15) is 6.07 Å². The van der Waals surface area contributed by atoms with E-state index in [0.29, 0.717) is 16.6 Å². The van der Waals surface area contributed by atoms with Gasteiger partial charge in [-0.1, -0.05) is 30.7 Å². The molecule has 0 amide bonds. The van der Waals surface area contributed by atoms with E-state index in [-0.39, 0.29) is 5.92 Å². The van der Waals surface area contributed by atoms with Crippen molar-refractivity contribution < 1.29 is 13.2 Å². The molecule has 1 atom stereocenters. The zero-order valence-corrected chi connectivity index (χ0v) is 22.3. The smallest absolute Gasteiger partial charge is 0.382 e. The summed E-state index contributed by atoms with van der Waals surface area (Å²) in [6.45, 7) is 8.11. The van der Waals surface area contributed by atoms with Gasteiger partial charge in [-0.15, -0.1) is 0 Å². The molecule has 2 fully saturated rings. The van der Waals surface area contributed by atoms with Crippen LogP contribution in [0.3, 0.4) is 0 Å². The van der Waals surface area contributed by atoms with Gasteiger partial charge in [0, 0.05) is 69.1 Å². The van der Waals surface area contributed by atoms with Crippen LogP contribution >= 0.6 is 23.8 Å². The number of hydrogen-bond acceptors (Lipinski definition) is 5.